The molecule has 7 heteroatoms. The molecule has 0 heterocycles. The van der Waals surface area contributed by atoms with Crippen LogP contribution in [0.1, 0.15) is 12.5 Å². The third kappa shape index (κ3) is 5.45. The van der Waals surface area contributed by atoms with Crippen molar-refractivity contribution in [3.63, 3.8) is 0 Å². The third-order valence-electron chi connectivity index (χ3n) is 1.96. The van der Waals surface area contributed by atoms with Crippen molar-refractivity contribution in [2.45, 2.75) is 23.1 Å². The van der Waals surface area contributed by atoms with Gasteiger partial charge >= 0.3 is 5.51 Å². The van der Waals surface area contributed by atoms with E-state index in [0.717, 1.165) is 0 Å². The van der Waals surface area contributed by atoms with Gasteiger partial charge in [-0.3, -0.25) is 0 Å². The van der Waals surface area contributed by atoms with Crippen molar-refractivity contribution < 1.29 is 21.6 Å². The van der Waals surface area contributed by atoms with Gasteiger partial charge in [0.2, 0.25) is 0 Å². The Morgan fingerprint density at radius 3 is 2.47 bits per heavy atom. The lowest BCUT2D eigenvalue weighted by atomic mass is 10.2. The summed E-state index contributed by atoms with van der Waals surface area (Å²) >= 11 is -0.246. The fraction of sp³-hybridized carbons (Fsp3) is 0.400. The van der Waals surface area contributed by atoms with Crippen molar-refractivity contribution in [1.82, 2.24) is 0 Å². The summed E-state index contributed by atoms with van der Waals surface area (Å²) in [5.41, 5.74) is -3.98. The van der Waals surface area contributed by atoms with Crippen molar-refractivity contribution in [2.75, 3.05) is 5.75 Å². The standard InChI is InChI=1S/C10H11F3O2S2/c1-2-17(14,15)7-8-4-3-5-9(6-8)16-10(11,12)13/h3-6H,2,7H2,1H3. The zero-order valence-corrected chi connectivity index (χ0v) is 10.6. The molecule has 0 fully saturated rings. The monoisotopic (exact) mass is 284 g/mol. The lowest BCUT2D eigenvalue weighted by Gasteiger charge is -2.07. The minimum absolute atomic E-state index is 0.00121. The van der Waals surface area contributed by atoms with Crippen LogP contribution in [0.3, 0.4) is 0 Å². The molecule has 0 aromatic heterocycles. The van der Waals surface area contributed by atoms with Crippen molar-refractivity contribution in [3.8, 4) is 0 Å². The van der Waals surface area contributed by atoms with E-state index in [1.807, 2.05) is 0 Å². The normalized spacial score (nSPS) is 12.7. The first-order valence-corrected chi connectivity index (χ1v) is 7.41. The van der Waals surface area contributed by atoms with E-state index in [0.29, 0.717) is 5.56 Å². The number of hydrogen-bond donors (Lipinski definition) is 0. The van der Waals surface area contributed by atoms with Gasteiger partial charge in [-0.2, -0.15) is 13.2 Å². The minimum Gasteiger partial charge on any atom is -0.229 e. The second kappa shape index (κ2) is 5.30. The predicted octanol–water partition coefficient (Wildman–Crippen LogP) is 3.23. The van der Waals surface area contributed by atoms with Crippen LogP contribution in [-0.2, 0) is 15.6 Å². The summed E-state index contributed by atoms with van der Waals surface area (Å²) in [4.78, 5) is 0.00121. The molecule has 0 radical (unpaired) electrons. The van der Waals surface area contributed by atoms with E-state index in [1.165, 1.54) is 31.2 Å². The lowest BCUT2D eigenvalue weighted by Crippen LogP contribution is -2.06. The van der Waals surface area contributed by atoms with Crippen LogP contribution in [0.4, 0.5) is 13.2 Å². The summed E-state index contributed by atoms with van der Waals surface area (Å²) in [5, 5.41) is 0. The van der Waals surface area contributed by atoms with Gasteiger partial charge in [0.25, 0.3) is 0 Å². The maximum absolute atomic E-state index is 12.1. The summed E-state index contributed by atoms with van der Waals surface area (Å²) in [7, 11) is -3.22. The molecule has 0 N–H and O–H groups in total. The van der Waals surface area contributed by atoms with Crippen molar-refractivity contribution in [1.29, 1.82) is 0 Å². The molecule has 1 rings (SSSR count). The lowest BCUT2D eigenvalue weighted by molar-refractivity contribution is -0.0328. The molecule has 0 aliphatic heterocycles. The van der Waals surface area contributed by atoms with E-state index in [4.69, 9.17) is 0 Å². The topological polar surface area (TPSA) is 34.1 Å². The Morgan fingerprint density at radius 2 is 1.94 bits per heavy atom. The molecule has 0 spiro atoms. The highest BCUT2D eigenvalue weighted by Crippen LogP contribution is 2.37. The van der Waals surface area contributed by atoms with Crippen molar-refractivity contribution in [3.05, 3.63) is 29.8 Å². The highest BCUT2D eigenvalue weighted by atomic mass is 32.2. The molecule has 0 amide bonds. The second-order valence-corrected chi connectivity index (χ2v) is 6.86. The summed E-state index contributed by atoms with van der Waals surface area (Å²) in [6.45, 7) is 1.50. The predicted molar refractivity (Wildman–Crippen MR) is 61.5 cm³/mol. The smallest absolute Gasteiger partial charge is 0.229 e. The van der Waals surface area contributed by atoms with Crippen LogP contribution in [-0.4, -0.2) is 19.7 Å². The Kier molecular flexibility index (Phi) is 4.48. The molecular formula is C10H11F3O2S2. The molecular weight excluding hydrogens is 273 g/mol. The van der Waals surface area contributed by atoms with Crippen LogP contribution in [0, 0.1) is 0 Å². The number of alkyl halides is 3. The van der Waals surface area contributed by atoms with E-state index >= 15 is 0 Å². The van der Waals surface area contributed by atoms with Crippen LogP contribution >= 0.6 is 11.8 Å². The van der Waals surface area contributed by atoms with E-state index in [9.17, 15) is 21.6 Å². The third-order valence-corrected chi connectivity index (χ3v) is 4.33. The van der Waals surface area contributed by atoms with Gasteiger partial charge in [0, 0.05) is 10.6 Å². The minimum atomic E-state index is -4.36. The van der Waals surface area contributed by atoms with Crippen molar-refractivity contribution in [2.24, 2.45) is 0 Å². The molecule has 2 nitrogen and oxygen atoms in total. The first kappa shape index (κ1) is 14.4. The maximum atomic E-state index is 12.1. The highest BCUT2D eigenvalue weighted by Gasteiger charge is 2.29. The van der Waals surface area contributed by atoms with E-state index in [2.05, 4.69) is 0 Å². The van der Waals surface area contributed by atoms with E-state index in [1.54, 1.807) is 0 Å². The first-order chi connectivity index (χ1) is 7.72. The summed E-state index contributed by atoms with van der Waals surface area (Å²) in [6, 6.07) is 5.49. The molecule has 96 valence electrons. The maximum Gasteiger partial charge on any atom is 0.446 e. The van der Waals surface area contributed by atoms with Gasteiger partial charge < -0.3 is 0 Å². The zero-order valence-electron chi connectivity index (χ0n) is 8.99. The van der Waals surface area contributed by atoms with Gasteiger partial charge in [0.1, 0.15) is 0 Å². The van der Waals surface area contributed by atoms with Crippen LogP contribution < -0.4 is 0 Å². The number of halogens is 3. The number of thioether (sulfide) groups is 1. The number of sulfone groups is 1. The van der Waals surface area contributed by atoms with Gasteiger partial charge in [0.15, 0.2) is 9.84 Å². The quantitative estimate of drug-likeness (QED) is 0.796. The molecule has 1 aromatic rings. The first-order valence-electron chi connectivity index (χ1n) is 4.77. The Labute approximate surface area is 102 Å². The fourth-order valence-corrected chi connectivity index (χ4v) is 2.70. The van der Waals surface area contributed by atoms with Crippen molar-refractivity contribution >= 4 is 21.6 Å². The Hall–Kier alpha value is -0.690. The molecule has 0 atom stereocenters. The molecule has 0 saturated heterocycles. The van der Waals surface area contributed by atoms with Crippen LogP contribution in [0.2, 0.25) is 0 Å². The summed E-state index contributed by atoms with van der Waals surface area (Å²) < 4.78 is 59.0. The highest BCUT2D eigenvalue weighted by molar-refractivity contribution is 8.00. The average Bonchev–Trinajstić information content (AvgIpc) is 2.14. The van der Waals surface area contributed by atoms with Gasteiger partial charge in [-0.25, -0.2) is 8.42 Å². The Morgan fingerprint density at radius 1 is 1.29 bits per heavy atom. The molecule has 0 bridgehead atoms. The van der Waals surface area contributed by atoms with Crippen LogP contribution in [0.25, 0.3) is 0 Å². The Bertz CT molecular complexity index is 481. The van der Waals surface area contributed by atoms with Crippen LogP contribution in [0.5, 0.6) is 0 Å². The number of benzene rings is 1. The van der Waals surface area contributed by atoms with Crippen LogP contribution in [0.15, 0.2) is 29.2 Å². The SMILES string of the molecule is CCS(=O)(=O)Cc1cccc(SC(F)(F)F)c1. The molecule has 1 aromatic carbocycles. The molecule has 0 saturated carbocycles. The van der Waals surface area contributed by atoms with Gasteiger partial charge in [-0.15, -0.1) is 0 Å². The molecule has 0 aliphatic carbocycles. The van der Waals surface area contributed by atoms with Gasteiger partial charge in [-0.05, 0) is 29.5 Å². The zero-order chi connectivity index (χ0) is 13.1. The second-order valence-electron chi connectivity index (χ2n) is 3.37. The van der Waals surface area contributed by atoms with Gasteiger partial charge in [-0.1, -0.05) is 19.1 Å². The average molecular weight is 284 g/mol. The van der Waals surface area contributed by atoms with Gasteiger partial charge in [0.05, 0.1) is 5.75 Å². The van der Waals surface area contributed by atoms with E-state index in [-0.39, 0.29) is 28.2 Å². The van der Waals surface area contributed by atoms with E-state index < -0.39 is 15.3 Å². The fourth-order valence-electron chi connectivity index (χ4n) is 1.19. The Balaban J connectivity index is 2.87. The molecule has 17 heavy (non-hydrogen) atoms. The molecule has 0 aliphatic rings. The number of hydrogen-bond acceptors (Lipinski definition) is 3. The molecule has 0 unspecified atom stereocenters. The number of rotatable bonds is 4. The largest absolute Gasteiger partial charge is 0.446 e. The summed E-state index contributed by atoms with van der Waals surface area (Å²) in [5.74, 6) is -0.251. The summed E-state index contributed by atoms with van der Waals surface area (Å²) in [6.07, 6.45) is 0.